The molecule has 0 fully saturated rings. The lowest BCUT2D eigenvalue weighted by Gasteiger charge is -2.28. The molecule has 0 saturated heterocycles. The second kappa shape index (κ2) is 6.24. The molecule has 1 aromatic carbocycles. The standard InChI is InChI=1S/C15H15BrFNO2/c1-10-11(16)7-8-13(18(10)2)15-12(17)5-4-6-14(15)20-9-19-3/h4-8H,1,9H2,2-3H3. The van der Waals surface area contributed by atoms with Crippen molar-refractivity contribution in [2.45, 2.75) is 0 Å². The van der Waals surface area contributed by atoms with E-state index in [1.807, 2.05) is 24.1 Å². The van der Waals surface area contributed by atoms with Crippen molar-refractivity contribution in [3.8, 4) is 5.75 Å². The second-order valence-electron chi connectivity index (χ2n) is 4.24. The van der Waals surface area contributed by atoms with Crippen LogP contribution in [0.25, 0.3) is 5.70 Å². The van der Waals surface area contributed by atoms with Crippen LogP contribution in [-0.4, -0.2) is 25.9 Å². The van der Waals surface area contributed by atoms with Gasteiger partial charge in [-0.3, -0.25) is 0 Å². The van der Waals surface area contributed by atoms with Gasteiger partial charge in [0.1, 0.15) is 11.6 Å². The maximum atomic E-state index is 14.2. The van der Waals surface area contributed by atoms with Crippen LogP contribution in [0.3, 0.4) is 0 Å². The summed E-state index contributed by atoms with van der Waals surface area (Å²) in [6.07, 6.45) is 3.65. The highest BCUT2D eigenvalue weighted by atomic mass is 79.9. The molecular weight excluding hydrogens is 325 g/mol. The molecule has 0 atom stereocenters. The molecule has 0 unspecified atom stereocenters. The summed E-state index contributed by atoms with van der Waals surface area (Å²) in [5.41, 5.74) is 1.83. The van der Waals surface area contributed by atoms with Crippen molar-refractivity contribution in [1.82, 2.24) is 4.90 Å². The minimum absolute atomic E-state index is 0.0634. The number of methoxy groups -OCH3 is 1. The summed E-state index contributed by atoms with van der Waals surface area (Å²) in [7, 11) is 3.35. The monoisotopic (exact) mass is 339 g/mol. The van der Waals surface area contributed by atoms with Gasteiger partial charge in [-0.15, -0.1) is 0 Å². The first-order valence-corrected chi connectivity index (χ1v) is 6.76. The SMILES string of the molecule is C=C1C(Br)=CC=C(c2c(F)cccc2OCOC)N1C. The van der Waals surface area contributed by atoms with Gasteiger partial charge in [-0.25, -0.2) is 4.39 Å². The van der Waals surface area contributed by atoms with Gasteiger partial charge in [0.2, 0.25) is 0 Å². The molecule has 1 aliphatic heterocycles. The summed E-state index contributed by atoms with van der Waals surface area (Å²) in [6, 6.07) is 4.72. The number of nitrogens with zero attached hydrogens (tertiary/aromatic N) is 1. The maximum absolute atomic E-state index is 14.2. The normalized spacial score (nSPS) is 15.0. The Balaban J connectivity index is 2.49. The third-order valence-corrected chi connectivity index (χ3v) is 3.72. The van der Waals surface area contributed by atoms with Crippen LogP contribution in [0.4, 0.5) is 4.39 Å². The summed E-state index contributed by atoms with van der Waals surface area (Å²) in [4.78, 5) is 1.81. The molecule has 3 nitrogen and oxygen atoms in total. The molecule has 0 saturated carbocycles. The Morgan fingerprint density at radius 2 is 2.10 bits per heavy atom. The average Bonchev–Trinajstić information content (AvgIpc) is 2.44. The number of ether oxygens (including phenoxy) is 2. The molecule has 0 N–H and O–H groups in total. The van der Waals surface area contributed by atoms with Crippen molar-refractivity contribution >= 4 is 21.6 Å². The van der Waals surface area contributed by atoms with Crippen molar-refractivity contribution in [3.63, 3.8) is 0 Å². The van der Waals surface area contributed by atoms with Gasteiger partial charge < -0.3 is 14.4 Å². The highest BCUT2D eigenvalue weighted by Crippen LogP contribution is 2.37. The fourth-order valence-corrected chi connectivity index (χ4v) is 2.31. The first kappa shape index (κ1) is 14.8. The van der Waals surface area contributed by atoms with Crippen LogP contribution in [-0.2, 0) is 4.74 Å². The van der Waals surface area contributed by atoms with E-state index < -0.39 is 0 Å². The number of likely N-dealkylation sites (N-methyl/N-ethyl adjacent to an activating group) is 1. The topological polar surface area (TPSA) is 21.7 Å². The first-order valence-electron chi connectivity index (χ1n) is 5.97. The molecule has 0 spiro atoms. The molecule has 0 aromatic heterocycles. The van der Waals surface area contributed by atoms with Gasteiger partial charge in [-0.05, 0) is 40.2 Å². The van der Waals surface area contributed by atoms with Crippen LogP contribution in [0, 0.1) is 5.82 Å². The van der Waals surface area contributed by atoms with Crippen LogP contribution in [0.1, 0.15) is 5.56 Å². The smallest absolute Gasteiger partial charge is 0.188 e. The molecule has 106 valence electrons. The van der Waals surface area contributed by atoms with Crippen molar-refractivity contribution in [2.24, 2.45) is 0 Å². The quantitative estimate of drug-likeness (QED) is 0.777. The highest BCUT2D eigenvalue weighted by Gasteiger charge is 2.22. The summed E-state index contributed by atoms with van der Waals surface area (Å²) < 4.78 is 25.4. The Morgan fingerprint density at radius 3 is 2.80 bits per heavy atom. The van der Waals surface area contributed by atoms with Gasteiger partial charge in [0.15, 0.2) is 6.79 Å². The molecule has 2 rings (SSSR count). The molecular formula is C15H15BrFNO2. The van der Waals surface area contributed by atoms with E-state index in [0.717, 1.165) is 10.2 Å². The van der Waals surface area contributed by atoms with Gasteiger partial charge in [0.25, 0.3) is 0 Å². The lowest BCUT2D eigenvalue weighted by Crippen LogP contribution is -2.19. The Kier molecular flexibility index (Phi) is 4.62. The van der Waals surface area contributed by atoms with Gasteiger partial charge in [-0.2, -0.15) is 0 Å². The van der Waals surface area contributed by atoms with Crippen LogP contribution < -0.4 is 4.74 Å². The predicted octanol–water partition coefficient (Wildman–Crippen LogP) is 3.89. The van der Waals surface area contributed by atoms with E-state index in [0.29, 0.717) is 17.0 Å². The zero-order chi connectivity index (χ0) is 14.7. The van der Waals surface area contributed by atoms with Crippen LogP contribution in [0.15, 0.2) is 47.1 Å². The molecule has 0 aliphatic carbocycles. The highest BCUT2D eigenvalue weighted by molar-refractivity contribution is 9.12. The van der Waals surface area contributed by atoms with Crippen molar-refractivity contribution in [3.05, 3.63) is 58.5 Å². The molecule has 1 aliphatic rings. The molecule has 1 aromatic rings. The van der Waals surface area contributed by atoms with E-state index in [1.165, 1.54) is 13.2 Å². The third kappa shape index (κ3) is 2.78. The largest absolute Gasteiger partial charge is 0.467 e. The van der Waals surface area contributed by atoms with Crippen molar-refractivity contribution < 1.29 is 13.9 Å². The molecule has 0 amide bonds. The average molecular weight is 340 g/mol. The van der Waals surface area contributed by atoms with E-state index >= 15 is 0 Å². The van der Waals surface area contributed by atoms with Gasteiger partial charge in [0, 0.05) is 24.3 Å². The number of allylic oxidation sites excluding steroid dienone is 3. The predicted molar refractivity (Wildman–Crippen MR) is 80.8 cm³/mol. The van der Waals surface area contributed by atoms with E-state index in [1.54, 1.807) is 12.1 Å². The summed E-state index contributed by atoms with van der Waals surface area (Å²) in [6.45, 7) is 4.02. The van der Waals surface area contributed by atoms with Crippen molar-refractivity contribution in [2.75, 3.05) is 21.0 Å². The molecule has 5 heteroatoms. The Morgan fingerprint density at radius 1 is 1.35 bits per heavy atom. The van der Waals surface area contributed by atoms with E-state index in [4.69, 9.17) is 9.47 Å². The molecule has 0 bridgehead atoms. The summed E-state index contributed by atoms with van der Waals surface area (Å²) >= 11 is 3.40. The zero-order valence-electron chi connectivity index (χ0n) is 11.3. The lowest BCUT2D eigenvalue weighted by molar-refractivity contribution is 0.0506. The fraction of sp³-hybridized carbons (Fsp3) is 0.200. The maximum Gasteiger partial charge on any atom is 0.188 e. The zero-order valence-corrected chi connectivity index (χ0v) is 12.9. The summed E-state index contributed by atoms with van der Waals surface area (Å²) in [5, 5.41) is 0. The van der Waals surface area contributed by atoms with Gasteiger partial charge >= 0.3 is 0 Å². The number of rotatable bonds is 4. The van der Waals surface area contributed by atoms with E-state index in [2.05, 4.69) is 22.5 Å². The Labute approximate surface area is 126 Å². The van der Waals surface area contributed by atoms with Gasteiger partial charge in [0.05, 0.1) is 11.3 Å². The van der Waals surface area contributed by atoms with E-state index in [-0.39, 0.29) is 12.6 Å². The minimum Gasteiger partial charge on any atom is -0.467 e. The number of hydrogen-bond acceptors (Lipinski definition) is 3. The lowest BCUT2D eigenvalue weighted by atomic mass is 10.1. The van der Waals surface area contributed by atoms with Gasteiger partial charge in [-0.1, -0.05) is 12.6 Å². The molecule has 0 radical (unpaired) electrons. The number of halogens is 2. The number of hydrogen-bond donors (Lipinski definition) is 0. The van der Waals surface area contributed by atoms with Crippen LogP contribution in [0.5, 0.6) is 5.75 Å². The summed E-state index contributed by atoms with van der Waals surface area (Å²) in [5.74, 6) is 0.0834. The Hall–Kier alpha value is -1.59. The Bertz CT molecular complexity index is 596. The third-order valence-electron chi connectivity index (χ3n) is 2.99. The van der Waals surface area contributed by atoms with E-state index in [9.17, 15) is 4.39 Å². The first-order chi connectivity index (χ1) is 9.56. The van der Waals surface area contributed by atoms with Crippen LogP contribution in [0.2, 0.25) is 0 Å². The molecule has 20 heavy (non-hydrogen) atoms. The van der Waals surface area contributed by atoms with Crippen molar-refractivity contribution in [1.29, 1.82) is 0 Å². The number of benzene rings is 1. The molecule has 1 heterocycles. The minimum atomic E-state index is -0.351. The fourth-order valence-electron chi connectivity index (χ4n) is 1.91. The second-order valence-corrected chi connectivity index (χ2v) is 5.09. The van der Waals surface area contributed by atoms with Crippen LogP contribution >= 0.6 is 15.9 Å².